The van der Waals surface area contributed by atoms with E-state index in [0.29, 0.717) is 11.2 Å². The lowest BCUT2D eigenvalue weighted by Crippen LogP contribution is -2.37. The van der Waals surface area contributed by atoms with Crippen LogP contribution in [0.2, 0.25) is 5.02 Å². The van der Waals surface area contributed by atoms with E-state index in [1.54, 1.807) is 0 Å². The molecule has 0 spiro atoms. The number of amides is 1. The molecule has 23 heavy (non-hydrogen) atoms. The Morgan fingerprint density at radius 2 is 1.96 bits per heavy atom. The second kappa shape index (κ2) is 9.58. The van der Waals surface area contributed by atoms with Crippen LogP contribution in [0.25, 0.3) is 0 Å². The molecule has 128 valence electrons. The first-order valence-corrected chi connectivity index (χ1v) is 10.2. The van der Waals surface area contributed by atoms with E-state index in [1.807, 2.05) is 30.0 Å². The molecule has 0 radical (unpaired) electrons. The van der Waals surface area contributed by atoms with Crippen LogP contribution in [0.15, 0.2) is 24.3 Å². The first-order valence-electron chi connectivity index (χ1n) is 8.82. The Hall–Kier alpha value is -0.670. The van der Waals surface area contributed by atoms with Crippen LogP contribution in [-0.2, 0) is 4.79 Å². The van der Waals surface area contributed by atoms with Crippen molar-refractivity contribution in [2.75, 3.05) is 18.8 Å². The molecule has 1 atom stereocenters. The van der Waals surface area contributed by atoms with Gasteiger partial charge in [-0.05, 0) is 30.9 Å². The molecule has 1 aliphatic rings. The van der Waals surface area contributed by atoms with E-state index < -0.39 is 0 Å². The second-order valence-electron chi connectivity index (χ2n) is 6.27. The SMILES string of the molecule is CCCC(CCC)C(=O)N1CCSC(c2ccccc2Cl)CC1. The molecule has 1 aromatic rings. The van der Waals surface area contributed by atoms with Crippen molar-refractivity contribution in [3.8, 4) is 0 Å². The lowest BCUT2D eigenvalue weighted by atomic mass is 9.96. The largest absolute Gasteiger partial charge is 0.342 e. The van der Waals surface area contributed by atoms with Crippen molar-refractivity contribution >= 4 is 29.3 Å². The predicted molar refractivity (Wildman–Crippen MR) is 101 cm³/mol. The van der Waals surface area contributed by atoms with Gasteiger partial charge in [0.15, 0.2) is 0 Å². The Morgan fingerprint density at radius 3 is 2.61 bits per heavy atom. The summed E-state index contributed by atoms with van der Waals surface area (Å²) in [5.41, 5.74) is 1.21. The Bertz CT molecular complexity index is 502. The maximum atomic E-state index is 12.8. The van der Waals surface area contributed by atoms with E-state index in [9.17, 15) is 4.79 Å². The van der Waals surface area contributed by atoms with Gasteiger partial charge in [0.25, 0.3) is 0 Å². The van der Waals surface area contributed by atoms with Crippen LogP contribution in [0.3, 0.4) is 0 Å². The molecule has 2 nitrogen and oxygen atoms in total. The van der Waals surface area contributed by atoms with Crippen molar-refractivity contribution < 1.29 is 4.79 Å². The molecule has 0 N–H and O–H groups in total. The molecule has 1 aliphatic heterocycles. The quantitative estimate of drug-likeness (QED) is 0.667. The van der Waals surface area contributed by atoms with Gasteiger partial charge >= 0.3 is 0 Å². The number of carbonyl (C=O) groups excluding carboxylic acids is 1. The molecule has 0 aromatic heterocycles. The van der Waals surface area contributed by atoms with E-state index in [-0.39, 0.29) is 5.92 Å². The molecular formula is C19H28ClNOS. The third kappa shape index (κ3) is 5.15. The fourth-order valence-corrected chi connectivity index (χ4v) is 4.92. The zero-order valence-electron chi connectivity index (χ0n) is 14.3. The lowest BCUT2D eigenvalue weighted by molar-refractivity contribution is -0.135. The van der Waals surface area contributed by atoms with Crippen LogP contribution in [0.5, 0.6) is 0 Å². The third-order valence-corrected chi connectivity index (χ3v) is 6.18. The zero-order chi connectivity index (χ0) is 16.7. The minimum atomic E-state index is 0.215. The van der Waals surface area contributed by atoms with E-state index in [4.69, 9.17) is 11.6 Å². The van der Waals surface area contributed by atoms with E-state index >= 15 is 0 Å². The van der Waals surface area contributed by atoms with Crippen LogP contribution >= 0.6 is 23.4 Å². The molecule has 1 aromatic carbocycles. The third-order valence-electron chi connectivity index (χ3n) is 4.53. The highest BCUT2D eigenvalue weighted by molar-refractivity contribution is 7.99. The Morgan fingerprint density at radius 1 is 1.26 bits per heavy atom. The van der Waals surface area contributed by atoms with Crippen LogP contribution in [0, 0.1) is 5.92 Å². The fraction of sp³-hybridized carbons (Fsp3) is 0.632. The molecule has 1 saturated heterocycles. The highest BCUT2D eigenvalue weighted by Crippen LogP contribution is 2.38. The molecule has 4 heteroatoms. The number of hydrogen-bond acceptors (Lipinski definition) is 2. The van der Waals surface area contributed by atoms with Crippen LogP contribution in [0.4, 0.5) is 0 Å². The van der Waals surface area contributed by atoms with Gasteiger partial charge in [-0.25, -0.2) is 0 Å². The second-order valence-corrected chi connectivity index (χ2v) is 7.99. The van der Waals surface area contributed by atoms with Gasteiger partial charge in [-0.15, -0.1) is 0 Å². The molecule has 1 fully saturated rings. The van der Waals surface area contributed by atoms with Crippen molar-refractivity contribution in [3.63, 3.8) is 0 Å². The zero-order valence-corrected chi connectivity index (χ0v) is 15.8. The maximum absolute atomic E-state index is 12.8. The van der Waals surface area contributed by atoms with Gasteiger partial charge in [-0.3, -0.25) is 4.79 Å². The number of carbonyl (C=O) groups is 1. The van der Waals surface area contributed by atoms with Gasteiger partial charge in [0.05, 0.1) is 0 Å². The van der Waals surface area contributed by atoms with Gasteiger partial charge in [-0.1, -0.05) is 56.5 Å². The summed E-state index contributed by atoms with van der Waals surface area (Å²) >= 11 is 8.28. The van der Waals surface area contributed by atoms with Gasteiger partial charge in [-0.2, -0.15) is 11.8 Å². The number of thioether (sulfide) groups is 1. The van der Waals surface area contributed by atoms with E-state index in [2.05, 4.69) is 24.8 Å². The Balaban J connectivity index is 2.00. The van der Waals surface area contributed by atoms with Crippen LogP contribution in [-0.4, -0.2) is 29.6 Å². The minimum absolute atomic E-state index is 0.215. The summed E-state index contributed by atoms with van der Waals surface area (Å²) in [5.74, 6) is 1.58. The standard InChI is InChI=1S/C19H28ClNOS/c1-3-7-15(8-4-2)19(22)21-12-11-18(23-14-13-21)16-9-5-6-10-17(16)20/h5-6,9-10,15,18H,3-4,7-8,11-14H2,1-2H3. The van der Waals surface area contributed by atoms with Gasteiger partial charge in [0, 0.05) is 35.0 Å². The molecular weight excluding hydrogens is 326 g/mol. The van der Waals surface area contributed by atoms with Gasteiger partial charge in [0.2, 0.25) is 5.91 Å². The van der Waals surface area contributed by atoms with Gasteiger partial charge in [0.1, 0.15) is 0 Å². The summed E-state index contributed by atoms with van der Waals surface area (Å²) in [6.45, 7) is 6.06. The van der Waals surface area contributed by atoms with E-state index in [0.717, 1.165) is 56.0 Å². The van der Waals surface area contributed by atoms with Crippen LogP contribution in [0.1, 0.15) is 56.8 Å². The highest BCUT2D eigenvalue weighted by Gasteiger charge is 2.27. The molecule has 1 unspecified atom stereocenters. The number of rotatable bonds is 6. The highest BCUT2D eigenvalue weighted by atomic mass is 35.5. The van der Waals surface area contributed by atoms with Crippen LogP contribution < -0.4 is 0 Å². The first kappa shape index (κ1) is 18.7. The van der Waals surface area contributed by atoms with Crippen molar-refractivity contribution in [1.82, 2.24) is 4.90 Å². The predicted octanol–water partition coefficient (Wildman–Crippen LogP) is 5.56. The average molecular weight is 354 g/mol. The summed E-state index contributed by atoms with van der Waals surface area (Å²) in [5, 5.41) is 1.25. The van der Waals surface area contributed by atoms with E-state index in [1.165, 1.54) is 5.56 Å². The minimum Gasteiger partial charge on any atom is -0.342 e. The molecule has 1 amide bonds. The number of benzene rings is 1. The van der Waals surface area contributed by atoms with Crippen molar-refractivity contribution in [2.24, 2.45) is 5.92 Å². The molecule has 2 rings (SSSR count). The monoisotopic (exact) mass is 353 g/mol. The molecule has 0 bridgehead atoms. The average Bonchev–Trinajstić information content (AvgIpc) is 2.80. The maximum Gasteiger partial charge on any atom is 0.225 e. The molecule has 0 aliphatic carbocycles. The van der Waals surface area contributed by atoms with Crippen molar-refractivity contribution in [2.45, 2.75) is 51.2 Å². The number of halogens is 1. The number of hydrogen-bond donors (Lipinski definition) is 0. The Labute approximate surface area is 150 Å². The van der Waals surface area contributed by atoms with Crippen molar-refractivity contribution in [3.05, 3.63) is 34.9 Å². The normalized spacial score (nSPS) is 19.0. The number of nitrogens with zero attached hydrogens (tertiary/aromatic N) is 1. The van der Waals surface area contributed by atoms with Gasteiger partial charge < -0.3 is 4.90 Å². The first-order chi connectivity index (χ1) is 11.2. The Kier molecular flexibility index (Phi) is 7.78. The molecule has 0 saturated carbocycles. The summed E-state index contributed by atoms with van der Waals surface area (Å²) in [6, 6.07) is 8.11. The fourth-order valence-electron chi connectivity index (χ4n) is 3.32. The topological polar surface area (TPSA) is 20.3 Å². The summed E-state index contributed by atoms with van der Waals surface area (Å²) in [4.78, 5) is 14.9. The smallest absolute Gasteiger partial charge is 0.225 e. The lowest BCUT2D eigenvalue weighted by Gasteiger charge is -2.26. The summed E-state index contributed by atoms with van der Waals surface area (Å²) in [6.07, 6.45) is 5.20. The molecule has 1 heterocycles. The summed E-state index contributed by atoms with van der Waals surface area (Å²) < 4.78 is 0. The summed E-state index contributed by atoms with van der Waals surface area (Å²) in [7, 11) is 0. The van der Waals surface area contributed by atoms with Crippen molar-refractivity contribution in [1.29, 1.82) is 0 Å².